The van der Waals surface area contributed by atoms with Crippen molar-refractivity contribution in [3.8, 4) is 17.3 Å². The maximum absolute atomic E-state index is 12.6. The summed E-state index contributed by atoms with van der Waals surface area (Å²) in [6, 6.07) is 10.4. The second kappa shape index (κ2) is 9.38. The zero-order valence-corrected chi connectivity index (χ0v) is 17.1. The number of ether oxygens (including phenoxy) is 2. The van der Waals surface area contributed by atoms with Crippen molar-refractivity contribution < 1.29 is 23.5 Å². The van der Waals surface area contributed by atoms with Crippen LogP contribution in [0.25, 0.3) is 11.6 Å². The molecule has 0 aliphatic rings. The number of nitrogens with zero attached hydrogens (tertiary/aromatic N) is 2. The van der Waals surface area contributed by atoms with Crippen LogP contribution in [0.15, 0.2) is 52.1 Å². The number of carbonyl (C=O) groups is 2. The van der Waals surface area contributed by atoms with Crippen molar-refractivity contribution in [2.75, 3.05) is 19.5 Å². The number of aromatic nitrogens is 2. The Bertz CT molecular complexity index is 1020. The monoisotopic (exact) mass is 412 g/mol. The molecule has 0 aliphatic heterocycles. The highest BCUT2D eigenvalue weighted by atomic mass is 32.2. The molecule has 2 aromatic heterocycles. The molecule has 3 rings (SSSR count). The van der Waals surface area contributed by atoms with E-state index in [9.17, 15) is 9.59 Å². The Labute approximate surface area is 172 Å². The fourth-order valence-electron chi connectivity index (χ4n) is 2.69. The maximum Gasteiger partial charge on any atom is 0.342 e. The third-order valence-electron chi connectivity index (χ3n) is 4.04. The molecule has 150 valence electrons. The highest BCUT2D eigenvalue weighted by molar-refractivity contribution is 7.98. The first kappa shape index (κ1) is 20.6. The molecule has 0 atom stereocenters. The van der Waals surface area contributed by atoms with E-state index in [-0.39, 0.29) is 19.0 Å². The zero-order valence-electron chi connectivity index (χ0n) is 16.3. The van der Waals surface area contributed by atoms with Gasteiger partial charge in [0.05, 0.1) is 17.5 Å². The molecule has 0 saturated carbocycles. The number of thioether (sulfide) groups is 1. The summed E-state index contributed by atoms with van der Waals surface area (Å²) in [6.45, 7) is 3.35. The van der Waals surface area contributed by atoms with Gasteiger partial charge >= 0.3 is 5.97 Å². The molecule has 0 bridgehead atoms. The van der Waals surface area contributed by atoms with Crippen LogP contribution in [0, 0.1) is 6.92 Å². The number of hydrogen-bond acceptors (Lipinski definition) is 8. The summed E-state index contributed by atoms with van der Waals surface area (Å²) in [4.78, 5) is 33.0. The minimum absolute atomic E-state index is 0.0261. The minimum Gasteiger partial charge on any atom is -0.489 e. The molecule has 0 amide bonds. The number of benzene rings is 1. The van der Waals surface area contributed by atoms with Crippen LogP contribution >= 0.6 is 11.8 Å². The largest absolute Gasteiger partial charge is 0.489 e. The third kappa shape index (κ3) is 4.83. The normalized spacial score (nSPS) is 10.6. The topological polar surface area (TPSA) is 91.5 Å². The average Bonchev–Trinajstić information content (AvgIpc) is 3.25. The maximum atomic E-state index is 12.6. The lowest BCUT2D eigenvalue weighted by Gasteiger charge is -2.12. The molecule has 0 radical (unpaired) electrons. The number of para-hydroxylation sites is 1. The second-order valence-electron chi connectivity index (χ2n) is 6.03. The van der Waals surface area contributed by atoms with Crippen LogP contribution in [-0.2, 0) is 4.74 Å². The van der Waals surface area contributed by atoms with E-state index in [4.69, 9.17) is 13.9 Å². The van der Waals surface area contributed by atoms with Crippen LogP contribution in [0.2, 0.25) is 0 Å². The lowest BCUT2D eigenvalue weighted by Crippen LogP contribution is -2.16. The van der Waals surface area contributed by atoms with E-state index in [1.54, 1.807) is 49.6 Å². The van der Waals surface area contributed by atoms with E-state index in [0.29, 0.717) is 39.2 Å². The molecule has 2 heterocycles. The molecule has 0 unspecified atom stereocenters. The van der Waals surface area contributed by atoms with Gasteiger partial charge in [-0.2, -0.15) is 0 Å². The average molecular weight is 412 g/mol. The lowest BCUT2D eigenvalue weighted by atomic mass is 10.1. The number of rotatable bonds is 8. The molecule has 0 saturated heterocycles. The van der Waals surface area contributed by atoms with Gasteiger partial charge in [0.15, 0.2) is 17.4 Å². The van der Waals surface area contributed by atoms with Gasteiger partial charge < -0.3 is 13.9 Å². The molecule has 0 aliphatic carbocycles. The van der Waals surface area contributed by atoms with Crippen LogP contribution in [0.3, 0.4) is 0 Å². The molecule has 0 N–H and O–H groups in total. The van der Waals surface area contributed by atoms with Crippen molar-refractivity contribution in [2.24, 2.45) is 0 Å². The van der Waals surface area contributed by atoms with Crippen LogP contribution in [0.4, 0.5) is 0 Å². The second-order valence-corrected chi connectivity index (χ2v) is 6.83. The van der Waals surface area contributed by atoms with Crippen LogP contribution in [0.1, 0.15) is 33.3 Å². The smallest absolute Gasteiger partial charge is 0.342 e. The number of carbonyl (C=O) groups excluding carboxylic acids is 2. The highest BCUT2D eigenvalue weighted by Crippen LogP contribution is 2.25. The minimum atomic E-state index is -0.527. The Balaban J connectivity index is 1.66. The Morgan fingerprint density at radius 3 is 2.59 bits per heavy atom. The summed E-state index contributed by atoms with van der Waals surface area (Å²) in [5.74, 6) is 0.787. The summed E-state index contributed by atoms with van der Waals surface area (Å²) in [7, 11) is 0. The van der Waals surface area contributed by atoms with Gasteiger partial charge in [-0.1, -0.05) is 12.1 Å². The number of esters is 1. The Hall–Kier alpha value is -3.13. The Morgan fingerprint density at radius 2 is 1.90 bits per heavy atom. The number of aryl methyl sites for hydroxylation is 1. The van der Waals surface area contributed by atoms with Crippen LogP contribution < -0.4 is 4.74 Å². The SMILES string of the molecule is CSc1nc(-c2ccco2)nc(C)c1C(=O)OCCOc1ccccc1C(C)=O. The quantitative estimate of drug-likeness (QED) is 0.179. The standard InChI is InChI=1S/C21H20N2O5S/c1-13-18(20(29-3)23-19(22-13)17-9-6-10-26-17)21(25)28-12-11-27-16-8-5-4-7-15(16)14(2)24/h4-10H,11-12H2,1-3H3. The fourth-order valence-corrected chi connectivity index (χ4v) is 3.30. The first-order valence-corrected chi connectivity index (χ1v) is 10.1. The Morgan fingerprint density at radius 1 is 1.10 bits per heavy atom. The van der Waals surface area contributed by atoms with Crippen molar-refractivity contribution in [1.82, 2.24) is 9.97 Å². The van der Waals surface area contributed by atoms with Crippen LogP contribution in [-0.4, -0.2) is 41.2 Å². The number of furan rings is 1. The van der Waals surface area contributed by atoms with E-state index in [1.807, 2.05) is 6.26 Å². The van der Waals surface area contributed by atoms with Crippen LogP contribution in [0.5, 0.6) is 5.75 Å². The third-order valence-corrected chi connectivity index (χ3v) is 4.72. The summed E-state index contributed by atoms with van der Waals surface area (Å²) in [5.41, 5.74) is 1.31. The van der Waals surface area contributed by atoms with Gasteiger partial charge in [-0.05, 0) is 44.4 Å². The lowest BCUT2D eigenvalue weighted by molar-refractivity contribution is 0.0442. The molecule has 3 aromatic rings. The van der Waals surface area contributed by atoms with Crippen molar-refractivity contribution in [3.63, 3.8) is 0 Å². The number of ketones is 1. The molecule has 1 aromatic carbocycles. The van der Waals surface area contributed by atoms with Crippen molar-refractivity contribution >= 4 is 23.5 Å². The molecule has 29 heavy (non-hydrogen) atoms. The van der Waals surface area contributed by atoms with Crippen molar-refractivity contribution in [3.05, 3.63) is 59.5 Å². The van der Waals surface area contributed by atoms with E-state index in [0.717, 1.165) is 0 Å². The predicted molar refractivity (Wildman–Crippen MR) is 108 cm³/mol. The van der Waals surface area contributed by atoms with Gasteiger partial charge in [0, 0.05) is 0 Å². The summed E-state index contributed by atoms with van der Waals surface area (Å²) < 4.78 is 16.3. The first-order chi connectivity index (χ1) is 14.0. The molecular weight excluding hydrogens is 392 g/mol. The predicted octanol–water partition coefficient (Wildman–Crippen LogP) is 4.21. The van der Waals surface area contributed by atoms with Gasteiger partial charge in [0.25, 0.3) is 0 Å². The van der Waals surface area contributed by atoms with Gasteiger partial charge in [0.1, 0.15) is 29.6 Å². The molecule has 0 spiro atoms. The number of Topliss-reactive ketones (excluding diaryl/α,β-unsaturated/α-hetero) is 1. The zero-order chi connectivity index (χ0) is 20.8. The summed E-state index contributed by atoms with van der Waals surface area (Å²) >= 11 is 1.33. The summed E-state index contributed by atoms with van der Waals surface area (Å²) in [6.07, 6.45) is 3.37. The van der Waals surface area contributed by atoms with E-state index in [1.165, 1.54) is 18.7 Å². The molecule has 7 nitrogen and oxygen atoms in total. The van der Waals surface area contributed by atoms with E-state index >= 15 is 0 Å². The van der Waals surface area contributed by atoms with Gasteiger partial charge in [-0.3, -0.25) is 4.79 Å². The number of hydrogen-bond donors (Lipinski definition) is 0. The van der Waals surface area contributed by atoms with Crippen molar-refractivity contribution in [2.45, 2.75) is 18.9 Å². The van der Waals surface area contributed by atoms with Gasteiger partial charge in [-0.15, -0.1) is 11.8 Å². The molecule has 0 fully saturated rings. The molecule has 8 heteroatoms. The molecular formula is C21H20N2O5S. The summed E-state index contributed by atoms with van der Waals surface area (Å²) in [5, 5.41) is 0.511. The first-order valence-electron chi connectivity index (χ1n) is 8.87. The fraction of sp³-hybridized carbons (Fsp3) is 0.238. The highest BCUT2D eigenvalue weighted by Gasteiger charge is 2.21. The van der Waals surface area contributed by atoms with Crippen molar-refractivity contribution in [1.29, 1.82) is 0 Å². The van der Waals surface area contributed by atoms with E-state index in [2.05, 4.69) is 9.97 Å². The Kier molecular flexibility index (Phi) is 6.66. The van der Waals surface area contributed by atoms with E-state index < -0.39 is 5.97 Å². The van der Waals surface area contributed by atoms with Gasteiger partial charge in [0.2, 0.25) is 0 Å². The van der Waals surface area contributed by atoms with Gasteiger partial charge in [-0.25, -0.2) is 14.8 Å².